The first kappa shape index (κ1) is 31.7. The standard InChI is InChI=1S/C36H42N2O8/c1-6-21(2)32(39)37-28-13-10-18-38(28)33(40)31-29(22-11-8-7-9-12-22)36(23-14-16-24(43-3)17-15-23)34(41)35(31,42)30-26(45-5)19-25(44-4)20-27(30)46-36/h7-9,11-12,14-17,19-21,28-29,31,34,41-42H,6,10,13,18H2,1-5H3,(H,37,39)/t21?,28?,29?,31?,34?,35-,36-/m1/s1. The Morgan fingerprint density at radius 2 is 1.72 bits per heavy atom. The maximum absolute atomic E-state index is 15.1. The van der Waals surface area contributed by atoms with Crippen molar-refractivity contribution in [3.05, 3.63) is 83.4 Å². The molecule has 2 fully saturated rings. The van der Waals surface area contributed by atoms with Crippen molar-refractivity contribution < 1.29 is 38.7 Å². The fraction of sp³-hybridized carbons (Fsp3) is 0.444. The first-order valence-electron chi connectivity index (χ1n) is 15.8. The van der Waals surface area contributed by atoms with Crippen molar-refractivity contribution in [1.82, 2.24) is 10.2 Å². The molecule has 0 radical (unpaired) electrons. The predicted molar refractivity (Wildman–Crippen MR) is 170 cm³/mol. The highest BCUT2D eigenvalue weighted by molar-refractivity contribution is 5.86. The number of methoxy groups -OCH3 is 3. The highest BCUT2D eigenvalue weighted by Gasteiger charge is 2.76. The van der Waals surface area contributed by atoms with E-state index in [0.29, 0.717) is 48.4 Å². The van der Waals surface area contributed by atoms with Crippen molar-refractivity contribution in [2.75, 3.05) is 27.9 Å². The first-order chi connectivity index (χ1) is 22.1. The molecule has 3 aromatic rings. The average Bonchev–Trinajstić information content (AvgIpc) is 3.59. The quantitative estimate of drug-likeness (QED) is 0.323. The average molecular weight is 631 g/mol. The minimum atomic E-state index is -2.17. The van der Waals surface area contributed by atoms with E-state index in [4.69, 9.17) is 18.9 Å². The molecular weight excluding hydrogens is 588 g/mol. The lowest BCUT2D eigenvalue weighted by Gasteiger charge is -2.45. The number of nitrogens with zero attached hydrogens (tertiary/aromatic N) is 1. The molecule has 46 heavy (non-hydrogen) atoms. The maximum atomic E-state index is 15.1. The fourth-order valence-electron chi connectivity index (χ4n) is 7.61. The Kier molecular flexibility index (Phi) is 8.37. The molecule has 10 heteroatoms. The van der Waals surface area contributed by atoms with E-state index in [1.165, 1.54) is 14.2 Å². The molecule has 244 valence electrons. The number of aliphatic hydroxyl groups is 2. The molecule has 1 aliphatic carbocycles. The van der Waals surface area contributed by atoms with Crippen molar-refractivity contribution in [3.63, 3.8) is 0 Å². The summed E-state index contributed by atoms with van der Waals surface area (Å²) in [6.45, 7) is 4.19. The second-order valence-corrected chi connectivity index (χ2v) is 12.4. The number of hydrogen-bond acceptors (Lipinski definition) is 8. The minimum absolute atomic E-state index is 0.132. The topological polar surface area (TPSA) is 127 Å². The summed E-state index contributed by atoms with van der Waals surface area (Å²) < 4.78 is 23.7. The molecule has 2 heterocycles. The number of amides is 2. The highest BCUT2D eigenvalue weighted by atomic mass is 16.5. The van der Waals surface area contributed by atoms with Crippen LogP contribution in [0.2, 0.25) is 0 Å². The number of hydrogen-bond donors (Lipinski definition) is 3. The Balaban J connectivity index is 1.60. The normalized spacial score (nSPS) is 28.5. The van der Waals surface area contributed by atoms with Crippen LogP contribution in [0.4, 0.5) is 0 Å². The number of aliphatic hydroxyl groups excluding tert-OH is 1. The number of benzene rings is 3. The lowest BCUT2D eigenvalue weighted by molar-refractivity contribution is -0.167. The van der Waals surface area contributed by atoms with E-state index in [1.54, 1.807) is 48.4 Å². The van der Waals surface area contributed by atoms with E-state index in [0.717, 1.165) is 0 Å². The van der Waals surface area contributed by atoms with Crippen LogP contribution in [-0.2, 0) is 20.8 Å². The SMILES string of the molecule is CCC(C)C(=O)NC1CCCN1C(=O)C1C(c2ccccc2)[C@@]2(c3ccc(OC)cc3)Oc3cc(OC)cc(OC)c3[C@]1(O)C2O. The molecule has 1 saturated carbocycles. The van der Waals surface area contributed by atoms with Crippen LogP contribution in [0.1, 0.15) is 55.7 Å². The molecule has 0 aromatic heterocycles. The number of ether oxygens (including phenoxy) is 4. The van der Waals surface area contributed by atoms with E-state index in [1.807, 2.05) is 44.2 Å². The highest BCUT2D eigenvalue weighted by Crippen LogP contribution is 2.68. The van der Waals surface area contributed by atoms with Gasteiger partial charge in [-0.15, -0.1) is 0 Å². The molecule has 2 bridgehead atoms. The molecule has 5 unspecified atom stereocenters. The third-order valence-corrected chi connectivity index (χ3v) is 10.1. The van der Waals surface area contributed by atoms with Crippen LogP contribution in [0, 0.1) is 11.8 Å². The Hall–Kier alpha value is -4.28. The number of likely N-dealkylation sites (tertiary alicyclic amines) is 1. The summed E-state index contributed by atoms with van der Waals surface area (Å²) in [7, 11) is 4.54. The summed E-state index contributed by atoms with van der Waals surface area (Å²) in [5.74, 6) is -1.38. The number of carbonyl (C=O) groups excluding carboxylic acids is 2. The molecule has 3 N–H and O–H groups in total. The van der Waals surface area contributed by atoms with Crippen LogP contribution >= 0.6 is 0 Å². The lowest BCUT2D eigenvalue weighted by atomic mass is 9.75. The fourth-order valence-corrected chi connectivity index (χ4v) is 7.61. The van der Waals surface area contributed by atoms with Crippen molar-refractivity contribution >= 4 is 11.8 Å². The maximum Gasteiger partial charge on any atom is 0.231 e. The van der Waals surface area contributed by atoms with Gasteiger partial charge in [-0.3, -0.25) is 9.59 Å². The van der Waals surface area contributed by atoms with Gasteiger partial charge in [-0.2, -0.15) is 0 Å². The van der Waals surface area contributed by atoms with Gasteiger partial charge in [0.15, 0.2) is 5.60 Å². The Bertz CT molecular complexity index is 1600. The van der Waals surface area contributed by atoms with Gasteiger partial charge in [-0.1, -0.05) is 56.3 Å². The van der Waals surface area contributed by atoms with Crippen LogP contribution in [0.25, 0.3) is 0 Å². The van der Waals surface area contributed by atoms with Gasteiger partial charge >= 0.3 is 0 Å². The van der Waals surface area contributed by atoms with Crippen LogP contribution in [0.15, 0.2) is 66.7 Å². The number of rotatable bonds is 9. The number of nitrogens with one attached hydrogen (secondary N) is 1. The molecule has 3 aromatic carbocycles. The lowest BCUT2D eigenvalue weighted by Crippen LogP contribution is -2.56. The first-order valence-corrected chi connectivity index (χ1v) is 15.8. The molecule has 7 atom stereocenters. The molecule has 3 aliphatic rings. The van der Waals surface area contributed by atoms with Crippen molar-refractivity contribution in [3.8, 4) is 23.0 Å². The molecule has 2 aliphatic heterocycles. The Labute approximate surface area is 269 Å². The zero-order chi connectivity index (χ0) is 32.8. The zero-order valence-electron chi connectivity index (χ0n) is 26.9. The van der Waals surface area contributed by atoms with E-state index in [9.17, 15) is 15.0 Å². The summed E-state index contributed by atoms with van der Waals surface area (Å²) in [6.07, 6.45) is -0.244. The molecular formula is C36H42N2O8. The van der Waals surface area contributed by atoms with Gasteiger partial charge in [0.05, 0.1) is 32.8 Å². The molecule has 2 amide bonds. The number of carbonyl (C=O) groups is 2. The summed E-state index contributed by atoms with van der Waals surface area (Å²) >= 11 is 0. The van der Waals surface area contributed by atoms with E-state index in [-0.39, 0.29) is 28.9 Å². The molecule has 1 saturated heterocycles. The summed E-state index contributed by atoms with van der Waals surface area (Å²) in [6, 6.07) is 19.7. The molecule has 10 nitrogen and oxygen atoms in total. The third kappa shape index (κ3) is 4.69. The van der Waals surface area contributed by atoms with Crippen molar-refractivity contribution in [2.24, 2.45) is 11.8 Å². The van der Waals surface area contributed by atoms with Crippen molar-refractivity contribution in [1.29, 1.82) is 0 Å². The second-order valence-electron chi connectivity index (χ2n) is 12.4. The van der Waals surface area contributed by atoms with Gasteiger partial charge < -0.3 is 39.4 Å². The van der Waals surface area contributed by atoms with E-state index >= 15 is 4.79 Å². The largest absolute Gasteiger partial charge is 0.497 e. The van der Waals surface area contributed by atoms with Gasteiger partial charge in [-0.25, -0.2) is 0 Å². The smallest absolute Gasteiger partial charge is 0.231 e. The summed E-state index contributed by atoms with van der Waals surface area (Å²) in [4.78, 5) is 29.8. The zero-order valence-corrected chi connectivity index (χ0v) is 26.9. The summed E-state index contributed by atoms with van der Waals surface area (Å²) in [5.41, 5.74) is -2.37. The van der Waals surface area contributed by atoms with Gasteiger partial charge in [0.25, 0.3) is 0 Å². The Morgan fingerprint density at radius 1 is 1.02 bits per heavy atom. The van der Waals surface area contributed by atoms with E-state index in [2.05, 4.69) is 5.32 Å². The molecule has 6 rings (SSSR count). The van der Waals surface area contributed by atoms with Crippen LogP contribution in [0.3, 0.4) is 0 Å². The van der Waals surface area contributed by atoms with Gasteiger partial charge in [-0.05, 0) is 42.5 Å². The van der Waals surface area contributed by atoms with Gasteiger partial charge in [0.2, 0.25) is 11.8 Å². The monoisotopic (exact) mass is 630 g/mol. The molecule has 0 spiro atoms. The predicted octanol–water partition coefficient (Wildman–Crippen LogP) is 4.07. The minimum Gasteiger partial charge on any atom is -0.497 e. The van der Waals surface area contributed by atoms with Crippen LogP contribution < -0.4 is 24.3 Å². The summed E-state index contributed by atoms with van der Waals surface area (Å²) in [5, 5.41) is 28.8. The van der Waals surface area contributed by atoms with Crippen LogP contribution in [-0.4, -0.2) is 67.1 Å². The van der Waals surface area contributed by atoms with Gasteiger partial charge in [0, 0.05) is 30.5 Å². The van der Waals surface area contributed by atoms with Gasteiger partial charge in [0.1, 0.15) is 40.9 Å². The van der Waals surface area contributed by atoms with Crippen LogP contribution in [0.5, 0.6) is 23.0 Å². The van der Waals surface area contributed by atoms with E-state index < -0.39 is 41.2 Å². The Morgan fingerprint density at radius 3 is 2.35 bits per heavy atom. The van der Waals surface area contributed by atoms with Crippen molar-refractivity contribution in [2.45, 2.75) is 62.5 Å². The third-order valence-electron chi connectivity index (χ3n) is 10.1. The number of fused-ring (bicyclic) bond motifs is 4. The second kappa shape index (κ2) is 12.1.